The van der Waals surface area contributed by atoms with Crippen LogP contribution >= 0.6 is 0 Å². The molecule has 0 saturated heterocycles. The maximum absolute atomic E-state index is 12.6. The van der Waals surface area contributed by atoms with Gasteiger partial charge in [-0.1, -0.05) is 12.1 Å². The van der Waals surface area contributed by atoms with Crippen molar-refractivity contribution in [1.29, 1.82) is 0 Å². The SMILES string of the molecule is Cc1nn(-c2ccc(Oc3ccc(NC(=O)Nc4ccccc4OC(F)(F)F)cc3)nn2)c(C)c1C. The zero-order valence-corrected chi connectivity index (χ0v) is 19.4. The molecule has 2 aromatic carbocycles. The first-order valence-corrected chi connectivity index (χ1v) is 10.7. The third-order valence-electron chi connectivity index (χ3n) is 5.19. The number of aromatic nitrogens is 4. The minimum absolute atomic E-state index is 0.134. The number of para-hydroxylation sites is 2. The van der Waals surface area contributed by atoms with Gasteiger partial charge in [0.05, 0.1) is 11.4 Å². The van der Waals surface area contributed by atoms with E-state index in [1.54, 1.807) is 41.1 Å². The molecule has 2 aromatic heterocycles. The summed E-state index contributed by atoms with van der Waals surface area (Å²) in [6.07, 6.45) is -4.88. The lowest BCUT2D eigenvalue weighted by atomic mass is 10.2. The highest BCUT2D eigenvalue weighted by Crippen LogP contribution is 2.30. The smallest absolute Gasteiger partial charge is 0.438 e. The Bertz CT molecular complexity index is 1370. The van der Waals surface area contributed by atoms with Crippen LogP contribution in [0, 0.1) is 20.8 Å². The molecule has 0 fully saturated rings. The number of amides is 2. The summed E-state index contributed by atoms with van der Waals surface area (Å²) in [5.74, 6) is 0.735. The van der Waals surface area contributed by atoms with Gasteiger partial charge in [-0.25, -0.2) is 9.48 Å². The van der Waals surface area contributed by atoms with E-state index in [0.717, 1.165) is 23.0 Å². The highest BCUT2D eigenvalue weighted by Gasteiger charge is 2.32. The predicted octanol–water partition coefficient (Wildman–Crippen LogP) is 5.92. The Morgan fingerprint density at radius 3 is 2.25 bits per heavy atom. The highest BCUT2D eigenvalue weighted by molar-refractivity contribution is 6.00. The van der Waals surface area contributed by atoms with Gasteiger partial charge in [-0.05, 0) is 68.8 Å². The molecule has 0 aliphatic heterocycles. The van der Waals surface area contributed by atoms with E-state index in [1.165, 1.54) is 18.2 Å². The standard InChI is InChI=1S/C24H21F3N6O3/c1-14-15(2)32-33(16(14)3)21-12-13-22(31-30-21)35-18-10-8-17(9-11-18)28-23(34)29-19-6-4-5-7-20(19)36-24(25,26)27/h4-13H,1-3H3,(H2,28,29,34). The quantitative estimate of drug-likeness (QED) is 0.342. The van der Waals surface area contributed by atoms with Gasteiger partial charge >= 0.3 is 12.4 Å². The largest absolute Gasteiger partial charge is 0.573 e. The molecule has 0 spiro atoms. The number of nitrogens with one attached hydrogen (secondary N) is 2. The first-order chi connectivity index (χ1) is 17.1. The Morgan fingerprint density at radius 2 is 1.64 bits per heavy atom. The minimum Gasteiger partial charge on any atom is -0.438 e. The Hall–Kier alpha value is -4.61. The number of rotatable bonds is 6. The number of hydrogen-bond donors (Lipinski definition) is 2. The molecule has 0 aliphatic rings. The van der Waals surface area contributed by atoms with Crippen molar-refractivity contribution in [3.8, 4) is 23.2 Å². The van der Waals surface area contributed by atoms with Crippen LogP contribution in [-0.4, -0.2) is 32.4 Å². The van der Waals surface area contributed by atoms with Gasteiger partial charge in [0.25, 0.3) is 0 Å². The summed E-state index contributed by atoms with van der Waals surface area (Å²) in [6.45, 7) is 5.86. The number of carbonyl (C=O) groups is 1. The van der Waals surface area contributed by atoms with Crippen LogP contribution in [0.5, 0.6) is 17.4 Å². The highest BCUT2D eigenvalue weighted by atomic mass is 19.4. The molecule has 186 valence electrons. The fraction of sp³-hybridized carbons (Fsp3) is 0.167. The van der Waals surface area contributed by atoms with E-state index in [9.17, 15) is 18.0 Å². The van der Waals surface area contributed by atoms with Crippen molar-refractivity contribution in [3.05, 3.63) is 77.6 Å². The average molecular weight is 498 g/mol. The number of aryl methyl sites for hydroxylation is 1. The third kappa shape index (κ3) is 5.90. The number of benzene rings is 2. The molecule has 0 saturated carbocycles. The number of halogens is 3. The van der Waals surface area contributed by atoms with Crippen molar-refractivity contribution in [2.45, 2.75) is 27.1 Å². The summed E-state index contributed by atoms with van der Waals surface area (Å²) in [5, 5.41) is 17.6. The second-order valence-electron chi connectivity index (χ2n) is 7.69. The maximum atomic E-state index is 12.6. The van der Waals surface area contributed by atoms with Crippen LogP contribution in [0.15, 0.2) is 60.7 Å². The minimum atomic E-state index is -4.88. The van der Waals surface area contributed by atoms with Gasteiger partial charge in [-0.15, -0.1) is 23.4 Å². The monoisotopic (exact) mass is 498 g/mol. The van der Waals surface area contributed by atoms with Crippen LogP contribution < -0.4 is 20.1 Å². The molecule has 2 amide bonds. The fourth-order valence-electron chi connectivity index (χ4n) is 3.22. The number of urea groups is 1. The van der Waals surface area contributed by atoms with Gasteiger partial charge in [-0.2, -0.15) is 5.10 Å². The molecule has 0 aliphatic carbocycles. The average Bonchev–Trinajstić information content (AvgIpc) is 3.08. The number of alkyl halides is 3. The molecule has 4 rings (SSSR count). The van der Waals surface area contributed by atoms with Gasteiger partial charge in [-0.3, -0.25) is 0 Å². The van der Waals surface area contributed by atoms with Crippen molar-refractivity contribution in [1.82, 2.24) is 20.0 Å². The van der Waals surface area contributed by atoms with Gasteiger partial charge in [0, 0.05) is 17.4 Å². The third-order valence-corrected chi connectivity index (χ3v) is 5.19. The number of anilines is 2. The van der Waals surface area contributed by atoms with Crippen LogP contribution in [0.25, 0.3) is 5.82 Å². The van der Waals surface area contributed by atoms with E-state index in [0.29, 0.717) is 17.3 Å². The summed E-state index contributed by atoms with van der Waals surface area (Å²) >= 11 is 0. The normalized spacial score (nSPS) is 11.2. The maximum Gasteiger partial charge on any atom is 0.573 e. The molecule has 0 unspecified atom stereocenters. The molecule has 0 radical (unpaired) electrons. The molecule has 9 nitrogen and oxygen atoms in total. The molecule has 0 atom stereocenters. The molecular formula is C24H21F3N6O3. The topological polar surface area (TPSA) is 103 Å². The number of hydrogen-bond acceptors (Lipinski definition) is 6. The molecule has 12 heteroatoms. The van der Waals surface area contributed by atoms with E-state index < -0.39 is 18.1 Å². The lowest BCUT2D eigenvalue weighted by molar-refractivity contribution is -0.274. The van der Waals surface area contributed by atoms with Crippen molar-refractivity contribution < 1.29 is 27.4 Å². The summed E-state index contributed by atoms with van der Waals surface area (Å²) in [4.78, 5) is 12.3. The molecular weight excluding hydrogens is 477 g/mol. The summed E-state index contributed by atoms with van der Waals surface area (Å²) in [7, 11) is 0. The zero-order chi connectivity index (χ0) is 25.9. The Labute approximate surface area is 203 Å². The van der Waals surface area contributed by atoms with E-state index in [2.05, 4.69) is 30.7 Å². The first kappa shape index (κ1) is 24.5. The first-order valence-electron chi connectivity index (χ1n) is 10.7. The number of ether oxygens (including phenoxy) is 2. The molecule has 2 N–H and O–H groups in total. The van der Waals surface area contributed by atoms with Crippen LogP contribution in [-0.2, 0) is 0 Å². The summed E-state index contributed by atoms with van der Waals surface area (Å²) in [5.41, 5.74) is 3.22. The van der Waals surface area contributed by atoms with Gasteiger partial charge < -0.3 is 20.1 Å². The van der Waals surface area contributed by atoms with Crippen LogP contribution in [0.4, 0.5) is 29.3 Å². The Morgan fingerprint density at radius 1 is 0.917 bits per heavy atom. The zero-order valence-electron chi connectivity index (χ0n) is 19.4. The summed E-state index contributed by atoms with van der Waals surface area (Å²) < 4.78 is 49.0. The van der Waals surface area contributed by atoms with E-state index >= 15 is 0 Å². The molecule has 4 aromatic rings. The van der Waals surface area contributed by atoms with E-state index in [1.807, 2.05) is 20.8 Å². The van der Waals surface area contributed by atoms with Gasteiger partial charge in [0.2, 0.25) is 5.88 Å². The second kappa shape index (κ2) is 9.94. The summed E-state index contributed by atoms with van der Waals surface area (Å²) in [6, 6.07) is 14.2. The Balaban J connectivity index is 1.36. The second-order valence-corrected chi connectivity index (χ2v) is 7.69. The van der Waals surface area contributed by atoms with Gasteiger partial charge in [0.15, 0.2) is 11.6 Å². The molecule has 2 heterocycles. The Kier molecular flexibility index (Phi) is 6.77. The van der Waals surface area contributed by atoms with Crippen molar-refractivity contribution in [3.63, 3.8) is 0 Å². The van der Waals surface area contributed by atoms with Crippen LogP contribution in [0.1, 0.15) is 17.0 Å². The van der Waals surface area contributed by atoms with Crippen LogP contribution in [0.3, 0.4) is 0 Å². The van der Waals surface area contributed by atoms with Crippen LogP contribution in [0.2, 0.25) is 0 Å². The van der Waals surface area contributed by atoms with E-state index in [4.69, 9.17) is 4.74 Å². The number of carbonyl (C=O) groups excluding carboxylic acids is 1. The van der Waals surface area contributed by atoms with Crippen molar-refractivity contribution in [2.75, 3.05) is 10.6 Å². The lowest BCUT2D eigenvalue weighted by Gasteiger charge is -2.14. The van der Waals surface area contributed by atoms with Gasteiger partial charge in [0.1, 0.15) is 5.75 Å². The fourth-order valence-corrected chi connectivity index (χ4v) is 3.22. The lowest BCUT2D eigenvalue weighted by Crippen LogP contribution is -2.22. The van der Waals surface area contributed by atoms with E-state index in [-0.39, 0.29) is 11.6 Å². The van der Waals surface area contributed by atoms with Crippen molar-refractivity contribution in [2.24, 2.45) is 0 Å². The predicted molar refractivity (Wildman–Crippen MR) is 126 cm³/mol. The molecule has 36 heavy (non-hydrogen) atoms. The molecule has 0 bridgehead atoms. The van der Waals surface area contributed by atoms with Crippen molar-refractivity contribution >= 4 is 17.4 Å². The number of nitrogens with zero attached hydrogens (tertiary/aromatic N) is 4.